The van der Waals surface area contributed by atoms with Crippen molar-refractivity contribution in [2.45, 2.75) is 103 Å². The van der Waals surface area contributed by atoms with E-state index >= 15 is 0 Å². The zero-order valence-electron chi connectivity index (χ0n) is 29.0. The van der Waals surface area contributed by atoms with Crippen molar-refractivity contribution in [2.24, 2.45) is 10.8 Å². The Morgan fingerprint density at radius 2 is 1.61 bits per heavy atom. The minimum atomic E-state index is -0.536. The second-order valence-corrected chi connectivity index (χ2v) is 15.5. The number of carbonyl (C=O) groups excluding carboxylic acids is 2. The minimum absolute atomic E-state index is 0.000878. The highest BCUT2D eigenvalue weighted by atomic mass is 16.7. The summed E-state index contributed by atoms with van der Waals surface area (Å²) in [6.07, 6.45) is 4.49. The van der Waals surface area contributed by atoms with Gasteiger partial charge in [0.05, 0.1) is 18.8 Å². The van der Waals surface area contributed by atoms with Crippen molar-refractivity contribution in [3.8, 4) is 11.1 Å². The summed E-state index contributed by atoms with van der Waals surface area (Å²) in [4.78, 5) is 26.2. The monoisotopic (exact) mass is 669 g/mol. The van der Waals surface area contributed by atoms with Gasteiger partial charge in [-0.15, -0.1) is 0 Å². The number of aliphatic hydroxyl groups is 1. The van der Waals surface area contributed by atoms with E-state index in [-0.39, 0.29) is 37.6 Å². The second kappa shape index (κ2) is 15.1. The van der Waals surface area contributed by atoms with Crippen LogP contribution >= 0.6 is 0 Å². The summed E-state index contributed by atoms with van der Waals surface area (Å²) in [6, 6.07) is 25.0. The van der Waals surface area contributed by atoms with E-state index in [0.717, 1.165) is 52.9 Å². The molecule has 49 heavy (non-hydrogen) atoms. The molecule has 2 saturated heterocycles. The zero-order chi connectivity index (χ0) is 34.6. The number of rotatable bonds is 12. The molecule has 6 rings (SSSR count). The van der Waals surface area contributed by atoms with E-state index in [4.69, 9.17) is 14.7 Å². The Bertz CT molecular complexity index is 1610. The molecule has 0 spiro atoms. The Kier molecular flexibility index (Phi) is 10.9. The van der Waals surface area contributed by atoms with Crippen molar-refractivity contribution in [3.05, 3.63) is 95.1 Å². The molecule has 1 saturated carbocycles. The van der Waals surface area contributed by atoms with E-state index < -0.39 is 12.2 Å². The van der Waals surface area contributed by atoms with Gasteiger partial charge in [0.25, 0.3) is 0 Å². The third-order valence-electron chi connectivity index (χ3n) is 10.4. The number of ether oxygens (including phenoxy) is 2. The predicted octanol–water partition coefficient (Wildman–Crippen LogP) is 6.58. The Hall–Kier alpha value is -3.60. The van der Waals surface area contributed by atoms with Gasteiger partial charge in [0, 0.05) is 50.5 Å². The van der Waals surface area contributed by atoms with Crippen molar-refractivity contribution in [3.63, 3.8) is 0 Å². The number of benzene rings is 3. The number of fused-ring (bicyclic) bond motifs is 2. The van der Waals surface area contributed by atoms with E-state index in [9.17, 15) is 14.7 Å². The minimum Gasteiger partial charge on any atom is -0.392 e. The maximum Gasteiger partial charge on any atom is 0.243 e. The Morgan fingerprint density at radius 3 is 2.37 bits per heavy atom. The number of hydrogen-bond donors (Lipinski definition) is 4. The number of nitrogens with one attached hydrogen (secondary N) is 2. The third kappa shape index (κ3) is 8.96. The van der Waals surface area contributed by atoms with Crippen LogP contribution in [0.4, 0.5) is 0 Å². The number of amides is 2. The SMILES string of the molecule is CC1(C)CC2CC(C)(CN2C[C@@H]2C[C@H](c3ccc(CO)cc3)O[C@H](c3cccc(-c4cccc(CNC(=O)CCCC(=O)NO)c4)c3)O2)C1. The van der Waals surface area contributed by atoms with Gasteiger partial charge in [0.15, 0.2) is 6.29 Å². The van der Waals surface area contributed by atoms with Gasteiger partial charge >= 0.3 is 0 Å². The highest BCUT2D eigenvalue weighted by Crippen LogP contribution is 2.53. The van der Waals surface area contributed by atoms with Crippen LogP contribution < -0.4 is 10.8 Å². The van der Waals surface area contributed by atoms with Crippen LogP contribution in [-0.4, -0.2) is 52.3 Å². The molecule has 2 unspecified atom stereocenters. The van der Waals surface area contributed by atoms with Crippen molar-refractivity contribution >= 4 is 11.8 Å². The first-order valence-electron chi connectivity index (χ1n) is 17.6. The molecule has 0 radical (unpaired) electrons. The highest BCUT2D eigenvalue weighted by Gasteiger charge is 2.50. The first-order chi connectivity index (χ1) is 23.5. The van der Waals surface area contributed by atoms with Gasteiger partial charge in [0.2, 0.25) is 11.8 Å². The van der Waals surface area contributed by atoms with E-state index in [1.54, 1.807) is 5.48 Å². The first kappa shape index (κ1) is 35.2. The molecular weight excluding hydrogens is 618 g/mol. The standard InChI is InChI=1S/C40H51N3O6/c1-39(2)20-33-21-40(3,25-39)26-43(33)23-34-19-35(29-15-13-27(24-44)14-16-29)49-38(48-34)32-10-5-9-31(18-32)30-8-4-7-28(17-30)22-41-36(45)11-6-12-37(46)42-47/h4-5,7-10,13-18,33-35,38,44,47H,6,11-12,19-26H2,1-3H3,(H,41,45)(H,42,46)/t33?,34-,35+,38+,40?/m0/s1. The lowest BCUT2D eigenvalue weighted by Gasteiger charge is -2.41. The number of aliphatic hydroxyl groups excluding tert-OH is 1. The summed E-state index contributed by atoms with van der Waals surface area (Å²) in [7, 11) is 0. The van der Waals surface area contributed by atoms with Gasteiger partial charge in [-0.2, -0.15) is 0 Å². The van der Waals surface area contributed by atoms with Gasteiger partial charge in [-0.1, -0.05) is 81.4 Å². The Morgan fingerprint density at radius 1 is 0.878 bits per heavy atom. The summed E-state index contributed by atoms with van der Waals surface area (Å²) in [6.45, 7) is 9.65. The summed E-state index contributed by atoms with van der Waals surface area (Å²) < 4.78 is 13.5. The molecule has 2 heterocycles. The van der Waals surface area contributed by atoms with Gasteiger partial charge in [-0.05, 0) is 76.5 Å². The largest absolute Gasteiger partial charge is 0.392 e. The lowest BCUT2D eigenvalue weighted by Crippen LogP contribution is -2.42. The predicted molar refractivity (Wildman–Crippen MR) is 187 cm³/mol. The molecule has 1 aliphatic carbocycles. The number of nitrogens with zero attached hydrogens (tertiary/aromatic N) is 1. The second-order valence-electron chi connectivity index (χ2n) is 15.5. The summed E-state index contributed by atoms with van der Waals surface area (Å²) in [5, 5.41) is 21.2. The lowest BCUT2D eigenvalue weighted by molar-refractivity contribution is -0.253. The van der Waals surface area contributed by atoms with E-state index in [1.165, 1.54) is 19.3 Å². The fourth-order valence-electron chi connectivity index (χ4n) is 8.56. The Labute approximate surface area is 290 Å². The average molecular weight is 670 g/mol. The third-order valence-corrected chi connectivity index (χ3v) is 10.4. The van der Waals surface area contributed by atoms with Gasteiger partial charge in [0.1, 0.15) is 0 Å². The molecule has 3 aliphatic rings. The molecule has 2 bridgehead atoms. The molecule has 2 amide bonds. The topological polar surface area (TPSA) is 120 Å². The summed E-state index contributed by atoms with van der Waals surface area (Å²) in [5.74, 6) is -0.642. The average Bonchev–Trinajstić information content (AvgIpc) is 3.34. The first-order valence-corrected chi connectivity index (χ1v) is 17.6. The molecule has 9 heteroatoms. The van der Waals surface area contributed by atoms with Crippen LogP contribution in [0.2, 0.25) is 0 Å². The van der Waals surface area contributed by atoms with Crippen LogP contribution in [-0.2, 0) is 32.2 Å². The van der Waals surface area contributed by atoms with Crippen LogP contribution in [0.3, 0.4) is 0 Å². The lowest BCUT2D eigenvalue weighted by atomic mass is 9.65. The van der Waals surface area contributed by atoms with E-state index in [1.807, 2.05) is 30.3 Å². The zero-order valence-corrected chi connectivity index (χ0v) is 29.0. The smallest absolute Gasteiger partial charge is 0.243 e. The van der Waals surface area contributed by atoms with Crippen molar-refractivity contribution in [1.29, 1.82) is 0 Å². The maximum atomic E-state index is 12.3. The van der Waals surface area contributed by atoms with Gasteiger partial charge in [-0.25, -0.2) is 5.48 Å². The molecule has 2 aliphatic heterocycles. The molecule has 5 atom stereocenters. The summed E-state index contributed by atoms with van der Waals surface area (Å²) in [5.41, 5.74) is 8.24. The van der Waals surface area contributed by atoms with Crippen molar-refractivity contribution < 1.29 is 29.4 Å². The quantitative estimate of drug-likeness (QED) is 0.127. The van der Waals surface area contributed by atoms with Crippen LogP contribution in [0.1, 0.15) is 100 Å². The Balaban J connectivity index is 1.17. The summed E-state index contributed by atoms with van der Waals surface area (Å²) >= 11 is 0. The molecule has 3 aromatic carbocycles. The van der Waals surface area contributed by atoms with Gasteiger partial charge < -0.3 is 19.9 Å². The van der Waals surface area contributed by atoms with Crippen LogP contribution in [0.25, 0.3) is 11.1 Å². The van der Waals surface area contributed by atoms with E-state index in [0.29, 0.717) is 29.8 Å². The fraction of sp³-hybridized carbons (Fsp3) is 0.500. The molecule has 262 valence electrons. The normalized spacial score (nSPS) is 26.3. The van der Waals surface area contributed by atoms with Crippen LogP contribution in [0.15, 0.2) is 72.8 Å². The molecule has 3 fully saturated rings. The van der Waals surface area contributed by atoms with Gasteiger partial charge in [-0.3, -0.25) is 19.7 Å². The number of carbonyl (C=O) groups is 2. The number of hydroxylamine groups is 1. The molecular formula is C40H51N3O6. The number of likely N-dealkylation sites (tertiary alicyclic amines) is 1. The maximum absolute atomic E-state index is 12.3. The van der Waals surface area contributed by atoms with Crippen molar-refractivity contribution in [1.82, 2.24) is 15.7 Å². The fourth-order valence-corrected chi connectivity index (χ4v) is 8.56. The molecule has 9 nitrogen and oxygen atoms in total. The van der Waals surface area contributed by atoms with Crippen molar-refractivity contribution in [2.75, 3.05) is 13.1 Å². The van der Waals surface area contributed by atoms with Crippen LogP contribution in [0, 0.1) is 10.8 Å². The highest BCUT2D eigenvalue weighted by molar-refractivity contribution is 5.78. The van der Waals surface area contributed by atoms with E-state index in [2.05, 4.69) is 73.5 Å². The molecule has 4 N–H and O–H groups in total. The molecule has 3 aromatic rings. The van der Waals surface area contributed by atoms with Crippen LogP contribution in [0.5, 0.6) is 0 Å². The number of hydrogen-bond acceptors (Lipinski definition) is 7. The molecule has 0 aromatic heterocycles.